The first-order valence-electron chi connectivity index (χ1n) is 5.18. The molecule has 2 heteroatoms. The van der Waals surface area contributed by atoms with Gasteiger partial charge in [-0.1, -0.05) is 24.3 Å². The largest absolute Gasteiger partial charge is 0.271 e. The lowest BCUT2D eigenvalue weighted by molar-refractivity contribution is 0.535. The molecule has 0 saturated carbocycles. The fourth-order valence-electron chi connectivity index (χ4n) is 1.52. The van der Waals surface area contributed by atoms with Gasteiger partial charge in [-0.2, -0.15) is 0 Å². The second-order valence-corrected chi connectivity index (χ2v) is 3.63. The molecular weight excluding hydrogens is 184 g/mol. The highest BCUT2D eigenvalue weighted by Gasteiger charge is 2.07. The smallest absolute Gasteiger partial charge is 0.0360 e. The van der Waals surface area contributed by atoms with Gasteiger partial charge >= 0.3 is 0 Å². The number of rotatable bonds is 4. The summed E-state index contributed by atoms with van der Waals surface area (Å²) < 4.78 is 0. The first-order valence-corrected chi connectivity index (χ1v) is 5.18. The summed E-state index contributed by atoms with van der Waals surface area (Å²) in [5.41, 5.74) is 5.45. The van der Waals surface area contributed by atoms with E-state index in [4.69, 9.17) is 5.84 Å². The maximum absolute atomic E-state index is 5.49. The summed E-state index contributed by atoms with van der Waals surface area (Å²) in [7, 11) is 0. The second-order valence-electron chi connectivity index (χ2n) is 3.63. The van der Waals surface area contributed by atoms with Gasteiger partial charge in [0.1, 0.15) is 0 Å². The topological polar surface area (TPSA) is 38.0 Å². The molecule has 0 fully saturated rings. The lowest BCUT2D eigenvalue weighted by Crippen LogP contribution is -2.36. The predicted molar refractivity (Wildman–Crippen MR) is 64.1 cm³/mol. The summed E-state index contributed by atoms with van der Waals surface area (Å²) in [6, 6.07) is 8.60. The molecule has 1 atom stereocenters. The van der Waals surface area contributed by atoms with Crippen molar-refractivity contribution in [1.82, 2.24) is 5.43 Å². The van der Waals surface area contributed by atoms with E-state index in [1.54, 1.807) is 0 Å². The van der Waals surface area contributed by atoms with Crippen molar-refractivity contribution in [3.05, 3.63) is 35.4 Å². The maximum Gasteiger partial charge on any atom is 0.0360 e. The van der Waals surface area contributed by atoms with Crippen LogP contribution in [-0.4, -0.2) is 6.04 Å². The van der Waals surface area contributed by atoms with E-state index in [0.29, 0.717) is 0 Å². The van der Waals surface area contributed by atoms with Crippen LogP contribution in [0.4, 0.5) is 0 Å². The van der Waals surface area contributed by atoms with E-state index in [2.05, 4.69) is 48.5 Å². The number of nitrogens with one attached hydrogen (secondary N) is 1. The van der Waals surface area contributed by atoms with Gasteiger partial charge in [-0.3, -0.25) is 11.3 Å². The number of hydrogen-bond donors (Lipinski definition) is 2. The van der Waals surface area contributed by atoms with Gasteiger partial charge in [0.2, 0.25) is 0 Å². The van der Waals surface area contributed by atoms with E-state index in [1.165, 1.54) is 11.1 Å². The minimum absolute atomic E-state index is 0.235. The molecule has 0 amide bonds. The molecule has 0 aliphatic rings. The van der Waals surface area contributed by atoms with E-state index >= 15 is 0 Å². The Bertz CT molecular complexity index is 360. The third-order valence-electron chi connectivity index (χ3n) is 2.49. The number of aryl methyl sites for hydroxylation is 1. The van der Waals surface area contributed by atoms with Crippen LogP contribution in [0.2, 0.25) is 0 Å². The highest BCUT2D eigenvalue weighted by Crippen LogP contribution is 2.10. The monoisotopic (exact) mass is 202 g/mol. The Balaban J connectivity index is 2.65. The zero-order chi connectivity index (χ0) is 11.1. The van der Waals surface area contributed by atoms with Gasteiger partial charge < -0.3 is 0 Å². The van der Waals surface area contributed by atoms with Crippen LogP contribution in [-0.2, 0) is 6.42 Å². The average molecular weight is 202 g/mol. The highest BCUT2D eigenvalue weighted by atomic mass is 15.2. The second kappa shape index (κ2) is 6.23. The lowest BCUT2D eigenvalue weighted by atomic mass is 10.00. The van der Waals surface area contributed by atoms with E-state index in [1.807, 2.05) is 6.92 Å². The third kappa shape index (κ3) is 3.75. The van der Waals surface area contributed by atoms with Crippen LogP contribution in [0.25, 0.3) is 0 Å². The molecule has 0 aromatic heterocycles. The standard InChI is InChI=1S/C13H18N2/c1-3-4-9-13(15-14)10-12-8-6-5-7-11(12)2/h5-8,13,15H,9-10,14H2,1-2H3. The van der Waals surface area contributed by atoms with Crippen molar-refractivity contribution in [3.8, 4) is 11.8 Å². The van der Waals surface area contributed by atoms with Gasteiger partial charge in [-0.05, 0) is 31.4 Å². The van der Waals surface area contributed by atoms with Crippen molar-refractivity contribution in [2.24, 2.45) is 5.84 Å². The summed E-state index contributed by atoms with van der Waals surface area (Å²) in [6.07, 6.45) is 1.72. The Morgan fingerprint density at radius 3 is 2.73 bits per heavy atom. The molecule has 1 rings (SSSR count). The molecule has 0 aliphatic carbocycles. The Kier molecular flexibility index (Phi) is 4.89. The summed E-state index contributed by atoms with van der Waals surface area (Å²) in [5, 5.41) is 0. The molecule has 80 valence electrons. The predicted octanol–water partition coefficient (Wildman–Crippen LogP) is 1.78. The lowest BCUT2D eigenvalue weighted by Gasteiger charge is -2.14. The molecule has 3 N–H and O–H groups in total. The van der Waals surface area contributed by atoms with Crippen molar-refractivity contribution in [1.29, 1.82) is 0 Å². The van der Waals surface area contributed by atoms with E-state index < -0.39 is 0 Å². The van der Waals surface area contributed by atoms with Gasteiger partial charge in [0.25, 0.3) is 0 Å². The quantitative estimate of drug-likeness (QED) is 0.444. The fourth-order valence-corrected chi connectivity index (χ4v) is 1.52. The first kappa shape index (κ1) is 11.8. The summed E-state index contributed by atoms with van der Waals surface area (Å²) in [5.74, 6) is 11.4. The molecule has 2 nitrogen and oxygen atoms in total. The van der Waals surface area contributed by atoms with Gasteiger partial charge in [-0.15, -0.1) is 11.8 Å². The van der Waals surface area contributed by atoms with Crippen molar-refractivity contribution < 1.29 is 0 Å². The van der Waals surface area contributed by atoms with Crippen LogP contribution in [0.5, 0.6) is 0 Å². The van der Waals surface area contributed by atoms with Crippen LogP contribution in [0.1, 0.15) is 24.5 Å². The van der Waals surface area contributed by atoms with Crippen molar-refractivity contribution in [3.63, 3.8) is 0 Å². The molecule has 0 aliphatic heterocycles. The average Bonchev–Trinajstić information content (AvgIpc) is 2.26. The summed E-state index contributed by atoms with van der Waals surface area (Å²) in [6.45, 7) is 3.97. The van der Waals surface area contributed by atoms with Gasteiger partial charge in [0.05, 0.1) is 0 Å². The Morgan fingerprint density at radius 2 is 2.13 bits per heavy atom. The molecule has 0 heterocycles. The van der Waals surface area contributed by atoms with Crippen LogP contribution in [0, 0.1) is 18.8 Å². The molecule has 1 unspecified atom stereocenters. The van der Waals surface area contributed by atoms with Crippen LogP contribution in [0.3, 0.4) is 0 Å². The Labute approximate surface area is 91.8 Å². The minimum Gasteiger partial charge on any atom is -0.271 e. The maximum atomic E-state index is 5.49. The van der Waals surface area contributed by atoms with E-state index in [-0.39, 0.29) is 6.04 Å². The van der Waals surface area contributed by atoms with Crippen LogP contribution in [0.15, 0.2) is 24.3 Å². The van der Waals surface area contributed by atoms with E-state index in [0.717, 1.165) is 12.8 Å². The number of hydrazine groups is 1. The number of hydrogen-bond acceptors (Lipinski definition) is 2. The van der Waals surface area contributed by atoms with Crippen LogP contribution >= 0.6 is 0 Å². The molecule has 0 saturated heterocycles. The van der Waals surface area contributed by atoms with Crippen molar-refractivity contribution in [2.45, 2.75) is 32.7 Å². The van der Waals surface area contributed by atoms with Crippen molar-refractivity contribution in [2.75, 3.05) is 0 Å². The van der Waals surface area contributed by atoms with E-state index in [9.17, 15) is 0 Å². The first-order chi connectivity index (χ1) is 7.27. The van der Waals surface area contributed by atoms with Gasteiger partial charge in [-0.25, -0.2) is 0 Å². The SMILES string of the molecule is CC#CCC(Cc1ccccc1C)NN. The zero-order valence-corrected chi connectivity index (χ0v) is 9.38. The van der Waals surface area contributed by atoms with Gasteiger partial charge in [0.15, 0.2) is 0 Å². The summed E-state index contributed by atoms with van der Waals surface area (Å²) >= 11 is 0. The normalized spacial score (nSPS) is 11.7. The van der Waals surface area contributed by atoms with Crippen molar-refractivity contribution >= 4 is 0 Å². The van der Waals surface area contributed by atoms with Gasteiger partial charge in [0, 0.05) is 12.5 Å². The zero-order valence-electron chi connectivity index (χ0n) is 9.38. The molecule has 0 radical (unpaired) electrons. The minimum atomic E-state index is 0.235. The number of benzene rings is 1. The molecule has 0 spiro atoms. The molecule has 0 bridgehead atoms. The summed E-state index contributed by atoms with van der Waals surface area (Å²) in [4.78, 5) is 0. The Hall–Kier alpha value is -1.30. The van der Waals surface area contributed by atoms with Crippen LogP contribution < -0.4 is 11.3 Å². The molecule has 15 heavy (non-hydrogen) atoms. The fraction of sp³-hybridized carbons (Fsp3) is 0.385. The molecule has 1 aromatic carbocycles. The number of nitrogens with two attached hydrogens (primary N) is 1. The Morgan fingerprint density at radius 1 is 1.40 bits per heavy atom. The third-order valence-corrected chi connectivity index (χ3v) is 2.49. The highest BCUT2D eigenvalue weighted by molar-refractivity contribution is 5.26. The molecule has 1 aromatic rings. The molecular formula is C13H18N2.